The van der Waals surface area contributed by atoms with Crippen LogP contribution in [-0.2, 0) is 19.1 Å². The molecule has 0 spiro atoms. The highest BCUT2D eigenvalue weighted by Gasteiger charge is 2.52. The monoisotopic (exact) mass is 415 g/mol. The molecular formula is C24H30FNO4. The van der Waals surface area contributed by atoms with E-state index >= 15 is 0 Å². The third kappa shape index (κ3) is 3.89. The number of ketones is 1. The standard InChI is InChI=1S/C24H30FNO4/c1-14(2)29-12-4-11-26-21(16-6-8-17(25)9-7-16)20-22(27)18-13-15(3)5-10-19(18)30-23(20)24(26)28/h6-9,14-15,18-19,21H,4-5,10-13H2,1-3H3. The van der Waals surface area contributed by atoms with Gasteiger partial charge in [0, 0.05) is 13.2 Å². The summed E-state index contributed by atoms with van der Waals surface area (Å²) in [5, 5.41) is 0. The van der Waals surface area contributed by atoms with Gasteiger partial charge in [0.2, 0.25) is 0 Å². The molecule has 2 aliphatic heterocycles. The summed E-state index contributed by atoms with van der Waals surface area (Å²) in [4.78, 5) is 28.5. The second-order valence-corrected chi connectivity index (χ2v) is 9.01. The predicted molar refractivity (Wildman–Crippen MR) is 110 cm³/mol. The van der Waals surface area contributed by atoms with Crippen molar-refractivity contribution in [3.8, 4) is 0 Å². The Morgan fingerprint density at radius 2 is 1.93 bits per heavy atom. The van der Waals surface area contributed by atoms with Crippen molar-refractivity contribution in [2.75, 3.05) is 13.2 Å². The van der Waals surface area contributed by atoms with E-state index in [0.29, 0.717) is 31.1 Å². The van der Waals surface area contributed by atoms with Crippen molar-refractivity contribution in [3.63, 3.8) is 0 Å². The molecule has 1 fully saturated rings. The third-order valence-corrected chi connectivity index (χ3v) is 6.39. The third-order valence-electron chi connectivity index (χ3n) is 6.39. The van der Waals surface area contributed by atoms with E-state index in [-0.39, 0.29) is 41.4 Å². The normalized spacial score (nSPS) is 28.6. The zero-order valence-electron chi connectivity index (χ0n) is 17.9. The van der Waals surface area contributed by atoms with Crippen molar-refractivity contribution in [2.45, 2.75) is 64.7 Å². The summed E-state index contributed by atoms with van der Waals surface area (Å²) in [5.74, 6) is -0.0961. The Morgan fingerprint density at radius 1 is 1.20 bits per heavy atom. The Labute approximate surface area is 177 Å². The van der Waals surface area contributed by atoms with E-state index in [1.54, 1.807) is 17.0 Å². The number of fused-ring (bicyclic) bond motifs is 1. The molecule has 0 bridgehead atoms. The topological polar surface area (TPSA) is 55.8 Å². The van der Waals surface area contributed by atoms with Gasteiger partial charge in [-0.25, -0.2) is 4.39 Å². The van der Waals surface area contributed by atoms with E-state index in [2.05, 4.69) is 6.92 Å². The molecule has 1 saturated carbocycles. The van der Waals surface area contributed by atoms with E-state index in [1.165, 1.54) is 12.1 Å². The highest BCUT2D eigenvalue weighted by Crippen LogP contribution is 2.47. The van der Waals surface area contributed by atoms with Gasteiger partial charge < -0.3 is 14.4 Å². The molecule has 1 aromatic carbocycles. The first kappa shape index (κ1) is 21.0. The number of nitrogens with zero attached hydrogens (tertiary/aromatic N) is 1. The maximum Gasteiger partial charge on any atom is 0.290 e. The summed E-state index contributed by atoms with van der Waals surface area (Å²) in [6.07, 6.45) is 3.14. The van der Waals surface area contributed by atoms with Gasteiger partial charge in [0.05, 0.1) is 23.6 Å². The Bertz CT molecular complexity index is 847. The van der Waals surface area contributed by atoms with Crippen LogP contribution in [0.25, 0.3) is 0 Å². The number of ether oxygens (including phenoxy) is 2. The summed E-state index contributed by atoms with van der Waals surface area (Å²) in [6.45, 7) is 7.07. The number of Topliss-reactive ketones (excluding diaryl/α,β-unsaturated/α-hetero) is 1. The Hall–Kier alpha value is -2.21. The van der Waals surface area contributed by atoms with Gasteiger partial charge in [-0.1, -0.05) is 19.1 Å². The number of benzene rings is 1. The number of carbonyl (C=O) groups excluding carboxylic acids is 2. The molecule has 162 valence electrons. The lowest BCUT2D eigenvalue weighted by molar-refractivity contribution is -0.136. The van der Waals surface area contributed by atoms with E-state index in [4.69, 9.17) is 9.47 Å². The van der Waals surface area contributed by atoms with Crippen LogP contribution in [0, 0.1) is 17.7 Å². The molecule has 1 aromatic rings. The molecule has 0 radical (unpaired) electrons. The molecule has 2 heterocycles. The molecule has 30 heavy (non-hydrogen) atoms. The highest BCUT2D eigenvalue weighted by atomic mass is 19.1. The van der Waals surface area contributed by atoms with Crippen molar-refractivity contribution in [3.05, 3.63) is 47.0 Å². The number of carbonyl (C=O) groups is 2. The van der Waals surface area contributed by atoms with Crippen molar-refractivity contribution < 1.29 is 23.5 Å². The van der Waals surface area contributed by atoms with E-state index in [9.17, 15) is 14.0 Å². The first-order valence-electron chi connectivity index (χ1n) is 11.0. The van der Waals surface area contributed by atoms with Gasteiger partial charge in [0.1, 0.15) is 11.9 Å². The van der Waals surface area contributed by atoms with Gasteiger partial charge >= 0.3 is 0 Å². The van der Waals surface area contributed by atoms with Gasteiger partial charge in [0.25, 0.3) is 5.91 Å². The Morgan fingerprint density at radius 3 is 2.63 bits per heavy atom. The van der Waals surface area contributed by atoms with Gasteiger partial charge in [-0.2, -0.15) is 0 Å². The number of rotatable bonds is 6. The summed E-state index contributed by atoms with van der Waals surface area (Å²) in [7, 11) is 0. The molecule has 0 N–H and O–H groups in total. The average molecular weight is 416 g/mol. The Balaban J connectivity index is 1.65. The van der Waals surface area contributed by atoms with Crippen LogP contribution in [0.15, 0.2) is 35.6 Å². The number of hydrogen-bond donors (Lipinski definition) is 0. The molecule has 4 atom stereocenters. The van der Waals surface area contributed by atoms with Crippen LogP contribution in [0.4, 0.5) is 4.39 Å². The van der Waals surface area contributed by atoms with Crippen LogP contribution < -0.4 is 0 Å². The highest BCUT2D eigenvalue weighted by molar-refractivity contribution is 6.11. The van der Waals surface area contributed by atoms with Crippen LogP contribution in [0.3, 0.4) is 0 Å². The molecule has 4 rings (SSSR count). The molecule has 4 unspecified atom stereocenters. The summed E-state index contributed by atoms with van der Waals surface area (Å²) in [5.41, 5.74) is 1.19. The van der Waals surface area contributed by atoms with Crippen LogP contribution in [0.2, 0.25) is 0 Å². The molecule has 1 amide bonds. The van der Waals surface area contributed by atoms with Crippen molar-refractivity contribution in [1.82, 2.24) is 4.90 Å². The SMILES string of the molecule is CC1CCC2OC3=C(C(=O)C2C1)C(c1ccc(F)cc1)N(CCCOC(C)C)C3=O. The van der Waals surface area contributed by atoms with Gasteiger partial charge in [-0.15, -0.1) is 0 Å². The zero-order valence-corrected chi connectivity index (χ0v) is 17.9. The first-order valence-corrected chi connectivity index (χ1v) is 11.0. The second kappa shape index (κ2) is 8.50. The quantitative estimate of drug-likeness (QED) is 0.654. The summed E-state index contributed by atoms with van der Waals surface area (Å²) < 4.78 is 25.3. The number of hydrogen-bond acceptors (Lipinski definition) is 4. The van der Waals surface area contributed by atoms with Gasteiger partial charge in [-0.05, 0) is 63.1 Å². The lowest BCUT2D eigenvalue weighted by Crippen LogP contribution is -2.41. The fourth-order valence-corrected chi connectivity index (χ4v) is 4.90. The van der Waals surface area contributed by atoms with E-state index < -0.39 is 6.04 Å². The fraction of sp³-hybridized carbons (Fsp3) is 0.583. The van der Waals surface area contributed by atoms with Crippen LogP contribution in [-0.4, -0.2) is 41.9 Å². The van der Waals surface area contributed by atoms with Crippen LogP contribution in [0.5, 0.6) is 0 Å². The minimum absolute atomic E-state index is 0.0244. The molecule has 0 aromatic heterocycles. The predicted octanol–water partition coefficient (Wildman–Crippen LogP) is 4.18. The lowest BCUT2D eigenvalue weighted by atomic mass is 9.74. The minimum atomic E-state index is -0.530. The van der Waals surface area contributed by atoms with E-state index in [1.807, 2.05) is 13.8 Å². The van der Waals surface area contributed by atoms with Crippen molar-refractivity contribution in [1.29, 1.82) is 0 Å². The minimum Gasteiger partial charge on any atom is -0.483 e. The lowest BCUT2D eigenvalue weighted by Gasteiger charge is -2.37. The van der Waals surface area contributed by atoms with Crippen molar-refractivity contribution in [2.24, 2.45) is 11.8 Å². The molecule has 3 aliphatic rings. The smallest absolute Gasteiger partial charge is 0.290 e. The maximum atomic E-state index is 13.5. The molecular weight excluding hydrogens is 385 g/mol. The summed E-state index contributed by atoms with van der Waals surface area (Å²) in [6, 6.07) is 5.53. The zero-order chi connectivity index (χ0) is 21.4. The Kier molecular flexibility index (Phi) is 5.96. The van der Waals surface area contributed by atoms with Gasteiger partial charge in [-0.3, -0.25) is 9.59 Å². The molecule has 1 aliphatic carbocycles. The molecule has 6 heteroatoms. The second-order valence-electron chi connectivity index (χ2n) is 9.01. The molecule has 5 nitrogen and oxygen atoms in total. The average Bonchev–Trinajstić information content (AvgIpc) is 2.99. The van der Waals surface area contributed by atoms with E-state index in [0.717, 1.165) is 24.8 Å². The fourth-order valence-electron chi connectivity index (χ4n) is 4.90. The number of amides is 1. The summed E-state index contributed by atoms with van der Waals surface area (Å²) >= 11 is 0. The maximum absolute atomic E-state index is 13.5. The first-order chi connectivity index (χ1) is 14.4. The largest absolute Gasteiger partial charge is 0.483 e. The van der Waals surface area contributed by atoms with Crippen LogP contribution >= 0.6 is 0 Å². The van der Waals surface area contributed by atoms with Crippen LogP contribution in [0.1, 0.15) is 58.1 Å². The number of halogens is 1. The van der Waals surface area contributed by atoms with Gasteiger partial charge in [0.15, 0.2) is 11.5 Å². The van der Waals surface area contributed by atoms with Crippen molar-refractivity contribution >= 4 is 11.7 Å². The molecule has 0 saturated heterocycles.